The Bertz CT molecular complexity index is 1080. The van der Waals surface area contributed by atoms with Gasteiger partial charge in [0.05, 0.1) is 12.0 Å². The second-order valence-corrected chi connectivity index (χ2v) is 13.4. The molecule has 2 fully saturated rings. The molecule has 0 aliphatic heterocycles. The summed E-state index contributed by atoms with van der Waals surface area (Å²) in [5.74, 6) is -1.21. The lowest BCUT2D eigenvalue weighted by Gasteiger charge is -2.48. The number of hydrogen-bond donors (Lipinski definition) is 3. The first-order valence-electron chi connectivity index (χ1n) is 15.5. The molecule has 0 aromatic carbocycles. The van der Waals surface area contributed by atoms with Crippen molar-refractivity contribution in [1.82, 2.24) is 0 Å². The molecule has 1 spiro atoms. The fraction of sp³-hybridized carbons (Fsp3) is 0.706. The number of hydrogen-bond acceptors (Lipinski definition) is 6. The Kier molecular flexibility index (Phi) is 9.33. The smallest absolute Gasteiger partial charge is 0.331 e. The number of aliphatic hydroxyl groups excluding tert-OH is 2. The van der Waals surface area contributed by atoms with Gasteiger partial charge in [-0.05, 0) is 60.5 Å². The van der Waals surface area contributed by atoms with Crippen molar-refractivity contribution in [2.45, 2.75) is 110 Å². The summed E-state index contributed by atoms with van der Waals surface area (Å²) in [5.41, 5.74) is -2.79. The molecule has 0 unspecified atom stereocenters. The summed E-state index contributed by atoms with van der Waals surface area (Å²) in [7, 11) is 0. The van der Waals surface area contributed by atoms with Crippen LogP contribution in [-0.4, -0.2) is 51.5 Å². The van der Waals surface area contributed by atoms with Crippen LogP contribution in [0.5, 0.6) is 0 Å². The van der Waals surface area contributed by atoms with E-state index in [0.717, 1.165) is 19.3 Å². The first-order valence-corrected chi connectivity index (χ1v) is 15.5. The number of ether oxygens (including phenoxy) is 1. The molecule has 0 aromatic heterocycles. The Balaban J connectivity index is 1.47. The van der Waals surface area contributed by atoms with Crippen LogP contribution in [0.1, 0.15) is 92.4 Å². The third kappa shape index (κ3) is 5.09. The fourth-order valence-electron chi connectivity index (χ4n) is 8.28. The van der Waals surface area contributed by atoms with Crippen molar-refractivity contribution in [2.75, 3.05) is 6.61 Å². The molecular formula is C34H50O6. The van der Waals surface area contributed by atoms with Gasteiger partial charge < -0.3 is 20.1 Å². The molecule has 2 bridgehead atoms. The van der Waals surface area contributed by atoms with Gasteiger partial charge >= 0.3 is 5.97 Å². The molecule has 4 rings (SSSR count). The van der Waals surface area contributed by atoms with Crippen molar-refractivity contribution in [3.8, 4) is 0 Å². The van der Waals surface area contributed by atoms with Gasteiger partial charge in [-0.25, -0.2) is 4.79 Å². The average molecular weight is 555 g/mol. The van der Waals surface area contributed by atoms with Gasteiger partial charge in [0.1, 0.15) is 6.10 Å². The molecule has 0 aromatic rings. The predicted molar refractivity (Wildman–Crippen MR) is 156 cm³/mol. The summed E-state index contributed by atoms with van der Waals surface area (Å²) in [6, 6.07) is 0. The maximum atomic E-state index is 14.4. The molecule has 3 N–H and O–H groups in total. The van der Waals surface area contributed by atoms with Crippen LogP contribution in [0, 0.1) is 34.5 Å². The van der Waals surface area contributed by atoms with E-state index in [0.29, 0.717) is 11.5 Å². The lowest BCUT2D eigenvalue weighted by atomic mass is 9.59. The van der Waals surface area contributed by atoms with E-state index < -0.39 is 41.7 Å². The van der Waals surface area contributed by atoms with E-state index >= 15 is 0 Å². The minimum absolute atomic E-state index is 0.0309. The zero-order chi connectivity index (χ0) is 29.3. The summed E-state index contributed by atoms with van der Waals surface area (Å²) in [4.78, 5) is 27.3. The van der Waals surface area contributed by atoms with Crippen molar-refractivity contribution in [3.05, 3.63) is 47.6 Å². The van der Waals surface area contributed by atoms with Crippen molar-refractivity contribution in [1.29, 1.82) is 0 Å². The first-order chi connectivity index (χ1) is 19.0. The second kappa shape index (κ2) is 12.1. The Morgan fingerprint density at radius 1 is 1.12 bits per heavy atom. The van der Waals surface area contributed by atoms with E-state index in [9.17, 15) is 24.9 Å². The topological polar surface area (TPSA) is 104 Å². The van der Waals surface area contributed by atoms with E-state index in [1.807, 2.05) is 19.1 Å². The normalized spacial score (nSPS) is 38.0. The number of carbonyl (C=O) groups is 2. The fourth-order valence-corrected chi connectivity index (χ4v) is 8.28. The number of esters is 1. The van der Waals surface area contributed by atoms with Crippen LogP contribution in [0.2, 0.25) is 0 Å². The Hall–Kier alpha value is -2.02. The lowest BCUT2D eigenvalue weighted by molar-refractivity contribution is -0.201. The quantitative estimate of drug-likeness (QED) is 0.0951. The molecular weight excluding hydrogens is 504 g/mol. The highest BCUT2D eigenvalue weighted by molar-refractivity contribution is 5.95. The largest absolute Gasteiger partial charge is 0.451 e. The van der Waals surface area contributed by atoms with Gasteiger partial charge in [0.15, 0.2) is 17.5 Å². The highest BCUT2D eigenvalue weighted by atomic mass is 16.6. The number of aliphatic hydroxyl groups is 3. The summed E-state index contributed by atoms with van der Waals surface area (Å²) in [6.45, 7) is 9.76. The molecule has 0 saturated heterocycles. The van der Waals surface area contributed by atoms with Gasteiger partial charge in [-0.3, -0.25) is 4.79 Å². The van der Waals surface area contributed by atoms with Crippen LogP contribution in [-0.2, 0) is 14.3 Å². The maximum absolute atomic E-state index is 14.4. The molecule has 0 heterocycles. The van der Waals surface area contributed by atoms with Crippen LogP contribution in [0.3, 0.4) is 0 Å². The minimum atomic E-state index is -2.10. The number of fused-ring (bicyclic) bond motifs is 3. The molecule has 2 saturated carbocycles. The third-order valence-corrected chi connectivity index (χ3v) is 10.6. The summed E-state index contributed by atoms with van der Waals surface area (Å²) in [6.07, 6.45) is 17.9. The van der Waals surface area contributed by atoms with Gasteiger partial charge in [0.2, 0.25) is 0 Å². The summed E-state index contributed by atoms with van der Waals surface area (Å²) >= 11 is 0. The van der Waals surface area contributed by atoms with Crippen LogP contribution < -0.4 is 0 Å². The number of allylic oxidation sites excluding steroid dienone is 4. The summed E-state index contributed by atoms with van der Waals surface area (Å²) in [5, 5.41) is 34.2. The van der Waals surface area contributed by atoms with Gasteiger partial charge in [-0.1, -0.05) is 96.6 Å². The highest BCUT2D eigenvalue weighted by Crippen LogP contribution is 2.71. The molecule has 0 radical (unpaired) electrons. The van der Waals surface area contributed by atoms with Gasteiger partial charge in [0.25, 0.3) is 0 Å². The Morgan fingerprint density at radius 3 is 2.48 bits per heavy atom. The number of unbranched alkanes of at least 4 members (excludes halogenated alkanes) is 7. The van der Waals surface area contributed by atoms with E-state index in [1.54, 1.807) is 25.2 Å². The lowest BCUT2D eigenvalue weighted by Crippen LogP contribution is -2.65. The zero-order valence-electron chi connectivity index (χ0n) is 25.1. The minimum Gasteiger partial charge on any atom is -0.451 e. The van der Waals surface area contributed by atoms with Gasteiger partial charge in [-0.15, -0.1) is 0 Å². The summed E-state index contributed by atoms with van der Waals surface area (Å²) < 4.78 is 5.81. The second-order valence-electron chi connectivity index (χ2n) is 13.4. The van der Waals surface area contributed by atoms with E-state index in [1.165, 1.54) is 44.6 Å². The van der Waals surface area contributed by atoms with Gasteiger partial charge in [-0.2, -0.15) is 0 Å². The Labute approximate surface area is 240 Å². The zero-order valence-corrected chi connectivity index (χ0v) is 25.1. The maximum Gasteiger partial charge on any atom is 0.331 e. The van der Waals surface area contributed by atoms with E-state index in [-0.39, 0.29) is 28.6 Å². The molecule has 4 aliphatic rings. The monoisotopic (exact) mass is 554 g/mol. The molecule has 6 heteroatoms. The SMILES string of the molecule is CCCCCCCCC/C=C\C=C\C(=O)O[C@H]1C(C)=C[C@]23C(=O)[C@H](C=C(CO)[C@@H](O)[C@]12O)[C@H]1[C@@H](C[C@H]3C)C1(C)C. The molecule has 0 amide bonds. The molecule has 222 valence electrons. The number of ketones is 1. The van der Waals surface area contributed by atoms with E-state index in [4.69, 9.17) is 4.74 Å². The third-order valence-electron chi connectivity index (χ3n) is 10.6. The van der Waals surface area contributed by atoms with Crippen LogP contribution in [0.15, 0.2) is 47.6 Å². The molecule has 4 aliphatic carbocycles. The average Bonchev–Trinajstić information content (AvgIpc) is 3.40. The van der Waals surface area contributed by atoms with Gasteiger partial charge in [0, 0.05) is 12.0 Å². The number of carbonyl (C=O) groups excluding carboxylic acids is 2. The standard InChI is InChI=1S/C34H50O6/c1-6-7-8-9-10-11-12-13-14-15-16-17-27(36)40-31-22(2)20-33-23(3)18-26-28(32(26,4)5)25(30(33)38)19-24(21-35)29(37)34(31,33)39/h14-17,19-20,23,25-26,28-29,31,35,37,39H,6-13,18,21H2,1-5H3/b15-14-,17-16+/t23-,25-,26-,28+,29-,31+,33+,34+/m1/s1. The molecule has 6 nitrogen and oxygen atoms in total. The molecule has 40 heavy (non-hydrogen) atoms. The van der Waals surface area contributed by atoms with Crippen molar-refractivity contribution in [2.24, 2.45) is 34.5 Å². The highest BCUT2D eigenvalue weighted by Gasteiger charge is 2.76. The van der Waals surface area contributed by atoms with Crippen LogP contribution >= 0.6 is 0 Å². The number of Topliss-reactive ketones (excluding diaryl/α,β-unsaturated/α-hetero) is 1. The van der Waals surface area contributed by atoms with Crippen LogP contribution in [0.4, 0.5) is 0 Å². The number of rotatable bonds is 12. The Morgan fingerprint density at radius 2 is 1.80 bits per heavy atom. The predicted octanol–water partition coefficient (Wildman–Crippen LogP) is 5.62. The molecule has 8 atom stereocenters. The van der Waals surface area contributed by atoms with Crippen molar-refractivity contribution in [3.63, 3.8) is 0 Å². The van der Waals surface area contributed by atoms with Crippen LogP contribution in [0.25, 0.3) is 0 Å². The van der Waals surface area contributed by atoms with E-state index in [2.05, 4.69) is 20.8 Å². The first kappa shape index (κ1) is 30.9. The van der Waals surface area contributed by atoms with Crippen molar-refractivity contribution >= 4 is 11.8 Å². The van der Waals surface area contributed by atoms with Crippen molar-refractivity contribution < 1.29 is 29.6 Å².